The van der Waals surface area contributed by atoms with E-state index in [1.165, 1.54) is 0 Å². The van der Waals surface area contributed by atoms with Crippen molar-refractivity contribution in [2.45, 2.75) is 13.3 Å². The molecule has 0 fully saturated rings. The van der Waals surface area contributed by atoms with Crippen LogP contribution in [0.4, 0.5) is 11.5 Å². The van der Waals surface area contributed by atoms with Crippen LogP contribution in [0.2, 0.25) is 5.15 Å². The molecule has 3 rings (SSSR count). The topological polar surface area (TPSA) is 79.8 Å². The van der Waals surface area contributed by atoms with E-state index < -0.39 is 0 Å². The largest absolute Gasteiger partial charge is 0.370 e. The molecular weight excluding hydrogens is 350 g/mol. The first-order chi connectivity index (χ1) is 12.6. The van der Waals surface area contributed by atoms with Crippen molar-refractivity contribution in [2.75, 3.05) is 17.2 Å². The van der Waals surface area contributed by atoms with Crippen LogP contribution in [0.1, 0.15) is 21.7 Å². The van der Waals surface area contributed by atoms with Gasteiger partial charge in [-0.3, -0.25) is 9.78 Å². The number of aromatic nitrogens is 3. The minimum absolute atomic E-state index is 0.184. The van der Waals surface area contributed by atoms with Gasteiger partial charge in [-0.2, -0.15) is 0 Å². The highest BCUT2D eigenvalue weighted by atomic mass is 35.5. The third-order valence-electron chi connectivity index (χ3n) is 3.67. The van der Waals surface area contributed by atoms with Crippen LogP contribution in [0.3, 0.4) is 0 Å². The SMILES string of the molecule is Cc1ccc(C(=O)Nc2ccc(NCCc3ccccn3)nc2)c(Cl)n1. The molecule has 6 nitrogen and oxygen atoms in total. The van der Waals surface area contributed by atoms with Gasteiger partial charge in [-0.25, -0.2) is 9.97 Å². The predicted octanol–water partition coefficient (Wildman–Crippen LogP) is 3.74. The lowest BCUT2D eigenvalue weighted by atomic mass is 10.2. The molecule has 0 bridgehead atoms. The van der Waals surface area contributed by atoms with E-state index in [1.807, 2.05) is 31.2 Å². The van der Waals surface area contributed by atoms with Gasteiger partial charge < -0.3 is 10.6 Å². The van der Waals surface area contributed by atoms with Gasteiger partial charge in [0.2, 0.25) is 0 Å². The molecule has 0 aliphatic heterocycles. The van der Waals surface area contributed by atoms with Crippen LogP contribution in [-0.4, -0.2) is 27.4 Å². The maximum atomic E-state index is 12.3. The van der Waals surface area contributed by atoms with Crippen LogP contribution >= 0.6 is 11.6 Å². The van der Waals surface area contributed by atoms with E-state index in [-0.39, 0.29) is 11.1 Å². The zero-order valence-corrected chi connectivity index (χ0v) is 15.0. The predicted molar refractivity (Wildman–Crippen MR) is 103 cm³/mol. The van der Waals surface area contributed by atoms with Crippen molar-refractivity contribution in [3.05, 3.63) is 77.0 Å². The Balaban J connectivity index is 1.54. The Morgan fingerprint density at radius 2 is 2.00 bits per heavy atom. The number of aryl methyl sites for hydroxylation is 1. The molecule has 0 spiro atoms. The number of rotatable bonds is 6. The minimum Gasteiger partial charge on any atom is -0.370 e. The molecule has 0 aliphatic carbocycles. The fourth-order valence-corrected chi connectivity index (χ4v) is 2.61. The second-order valence-corrected chi connectivity index (χ2v) is 6.03. The van der Waals surface area contributed by atoms with Gasteiger partial charge in [-0.15, -0.1) is 0 Å². The van der Waals surface area contributed by atoms with Gasteiger partial charge in [0.15, 0.2) is 0 Å². The highest BCUT2D eigenvalue weighted by Gasteiger charge is 2.12. The Morgan fingerprint density at radius 3 is 2.69 bits per heavy atom. The molecule has 0 saturated carbocycles. The summed E-state index contributed by atoms with van der Waals surface area (Å²) in [4.78, 5) is 24.9. The molecule has 0 aromatic carbocycles. The summed E-state index contributed by atoms with van der Waals surface area (Å²) in [6, 6.07) is 12.8. The number of anilines is 2. The maximum absolute atomic E-state index is 12.3. The fraction of sp³-hybridized carbons (Fsp3) is 0.158. The average molecular weight is 368 g/mol. The zero-order valence-electron chi connectivity index (χ0n) is 14.2. The number of nitrogens with zero attached hydrogens (tertiary/aromatic N) is 3. The third-order valence-corrected chi connectivity index (χ3v) is 3.96. The molecule has 0 saturated heterocycles. The third kappa shape index (κ3) is 4.77. The molecule has 1 amide bonds. The molecular formula is C19H18ClN5O. The van der Waals surface area contributed by atoms with Crippen LogP contribution < -0.4 is 10.6 Å². The van der Waals surface area contributed by atoms with Gasteiger partial charge in [0.05, 0.1) is 17.4 Å². The fourth-order valence-electron chi connectivity index (χ4n) is 2.33. The Morgan fingerprint density at radius 1 is 1.12 bits per heavy atom. The molecule has 3 aromatic rings. The Labute approximate surface area is 156 Å². The van der Waals surface area contributed by atoms with Gasteiger partial charge in [0, 0.05) is 30.6 Å². The lowest BCUT2D eigenvalue weighted by molar-refractivity contribution is 0.102. The van der Waals surface area contributed by atoms with Gasteiger partial charge in [0.1, 0.15) is 11.0 Å². The molecule has 7 heteroatoms. The molecule has 0 aliphatic rings. The smallest absolute Gasteiger partial charge is 0.258 e. The van der Waals surface area contributed by atoms with Gasteiger partial charge in [0.25, 0.3) is 5.91 Å². The summed E-state index contributed by atoms with van der Waals surface area (Å²) in [7, 11) is 0. The number of amides is 1. The van der Waals surface area contributed by atoms with Crippen LogP contribution in [-0.2, 0) is 6.42 Å². The van der Waals surface area contributed by atoms with Gasteiger partial charge >= 0.3 is 0 Å². The van der Waals surface area contributed by atoms with E-state index in [0.29, 0.717) is 11.3 Å². The van der Waals surface area contributed by atoms with E-state index >= 15 is 0 Å². The van der Waals surface area contributed by atoms with Crippen LogP contribution in [0.15, 0.2) is 54.9 Å². The molecule has 2 N–H and O–H groups in total. The van der Waals surface area contributed by atoms with Crippen molar-refractivity contribution in [1.29, 1.82) is 0 Å². The van der Waals surface area contributed by atoms with Crippen molar-refractivity contribution < 1.29 is 4.79 Å². The molecule has 0 radical (unpaired) electrons. The normalized spacial score (nSPS) is 10.4. The summed E-state index contributed by atoms with van der Waals surface area (Å²) < 4.78 is 0. The number of nitrogens with one attached hydrogen (secondary N) is 2. The summed E-state index contributed by atoms with van der Waals surface area (Å²) in [6.45, 7) is 2.54. The maximum Gasteiger partial charge on any atom is 0.258 e. The quantitative estimate of drug-likeness (QED) is 0.649. The molecule has 26 heavy (non-hydrogen) atoms. The minimum atomic E-state index is -0.319. The molecule has 132 valence electrons. The first-order valence-corrected chi connectivity index (χ1v) is 8.54. The van der Waals surface area contributed by atoms with E-state index in [2.05, 4.69) is 25.6 Å². The standard InChI is InChI=1S/C19H18ClN5O/c1-13-5-7-16(18(20)24-13)19(26)25-15-6-8-17(23-12-15)22-11-9-14-4-2-3-10-21-14/h2-8,10,12H,9,11H2,1H3,(H,22,23)(H,25,26). The van der Waals surface area contributed by atoms with Crippen molar-refractivity contribution in [2.24, 2.45) is 0 Å². The van der Waals surface area contributed by atoms with Crippen molar-refractivity contribution in [3.63, 3.8) is 0 Å². The monoisotopic (exact) mass is 367 g/mol. The number of halogens is 1. The summed E-state index contributed by atoms with van der Waals surface area (Å²) in [5.74, 6) is 0.411. The van der Waals surface area contributed by atoms with Crippen molar-refractivity contribution in [1.82, 2.24) is 15.0 Å². The molecule has 0 atom stereocenters. The summed E-state index contributed by atoms with van der Waals surface area (Å²) in [5.41, 5.74) is 2.69. The number of hydrogen-bond donors (Lipinski definition) is 2. The molecule has 3 aromatic heterocycles. The molecule has 3 heterocycles. The van der Waals surface area contributed by atoms with Crippen molar-refractivity contribution >= 4 is 29.0 Å². The second-order valence-electron chi connectivity index (χ2n) is 5.68. The summed E-state index contributed by atoms with van der Waals surface area (Å²) >= 11 is 6.02. The summed E-state index contributed by atoms with van der Waals surface area (Å²) in [6.07, 6.45) is 4.18. The number of carbonyl (C=O) groups excluding carboxylic acids is 1. The number of hydrogen-bond acceptors (Lipinski definition) is 5. The molecule has 0 unspecified atom stereocenters. The second kappa shape index (κ2) is 8.40. The highest BCUT2D eigenvalue weighted by Crippen LogP contribution is 2.16. The zero-order chi connectivity index (χ0) is 18.4. The highest BCUT2D eigenvalue weighted by molar-refractivity contribution is 6.33. The van der Waals surface area contributed by atoms with E-state index in [9.17, 15) is 4.79 Å². The summed E-state index contributed by atoms with van der Waals surface area (Å²) in [5, 5.41) is 6.17. The van der Waals surface area contributed by atoms with E-state index in [1.54, 1.807) is 30.6 Å². The van der Waals surface area contributed by atoms with Crippen LogP contribution in [0.5, 0.6) is 0 Å². The van der Waals surface area contributed by atoms with Crippen LogP contribution in [0, 0.1) is 6.92 Å². The lowest BCUT2D eigenvalue weighted by Crippen LogP contribution is -2.13. The van der Waals surface area contributed by atoms with Crippen LogP contribution in [0.25, 0.3) is 0 Å². The van der Waals surface area contributed by atoms with Crippen molar-refractivity contribution in [3.8, 4) is 0 Å². The Hall–Kier alpha value is -2.99. The first-order valence-electron chi connectivity index (χ1n) is 8.16. The lowest BCUT2D eigenvalue weighted by Gasteiger charge is -2.08. The van der Waals surface area contributed by atoms with E-state index in [4.69, 9.17) is 11.6 Å². The first kappa shape index (κ1) is 17.8. The van der Waals surface area contributed by atoms with Gasteiger partial charge in [-0.05, 0) is 43.3 Å². The average Bonchev–Trinajstić information content (AvgIpc) is 2.64. The Bertz CT molecular complexity index is 884. The Kier molecular flexibility index (Phi) is 5.76. The number of carbonyl (C=O) groups is 1. The number of pyridine rings is 3. The van der Waals surface area contributed by atoms with Gasteiger partial charge in [-0.1, -0.05) is 17.7 Å². The van der Waals surface area contributed by atoms with E-state index in [0.717, 1.165) is 30.2 Å².